The molecule has 118 valence electrons. The number of carbonyl (C=O) groups excluding carboxylic acids is 1. The minimum absolute atomic E-state index is 0.0777. The van der Waals surface area contributed by atoms with Gasteiger partial charge in [0.25, 0.3) is 0 Å². The Bertz CT molecular complexity index is 631. The monoisotopic (exact) mass is 299 g/mol. The Hall–Kier alpha value is -1.87. The lowest BCUT2D eigenvalue weighted by atomic mass is 9.97. The first-order valence-corrected chi connectivity index (χ1v) is 7.84. The zero-order valence-corrected chi connectivity index (χ0v) is 13.8. The molecule has 3 heteroatoms. The number of benzene rings is 2. The van der Waals surface area contributed by atoms with E-state index < -0.39 is 0 Å². The fourth-order valence-electron chi connectivity index (χ4n) is 2.87. The molecule has 0 aliphatic rings. The van der Waals surface area contributed by atoms with Crippen molar-refractivity contribution < 1.29 is 9.53 Å². The third-order valence-corrected chi connectivity index (χ3v) is 3.93. The van der Waals surface area contributed by atoms with Crippen molar-refractivity contribution in [2.75, 3.05) is 7.11 Å². The molecule has 0 amide bonds. The summed E-state index contributed by atoms with van der Waals surface area (Å²) in [5.41, 5.74) is 1.20. The van der Waals surface area contributed by atoms with Crippen LogP contribution in [0.4, 0.5) is 0 Å². The average Bonchev–Trinajstić information content (AvgIpc) is 2.52. The van der Waals surface area contributed by atoms with Crippen molar-refractivity contribution in [2.24, 2.45) is 5.92 Å². The van der Waals surface area contributed by atoms with Gasteiger partial charge in [0, 0.05) is 6.04 Å². The molecule has 0 bridgehead atoms. The van der Waals surface area contributed by atoms with Crippen molar-refractivity contribution in [3.05, 3.63) is 48.0 Å². The van der Waals surface area contributed by atoms with Gasteiger partial charge in [-0.05, 0) is 35.6 Å². The van der Waals surface area contributed by atoms with Gasteiger partial charge in [-0.2, -0.15) is 0 Å². The van der Waals surface area contributed by atoms with Crippen LogP contribution in [0.1, 0.15) is 38.8 Å². The maximum Gasteiger partial charge on any atom is 0.322 e. The quantitative estimate of drug-likeness (QED) is 0.817. The Labute approximate surface area is 132 Å². The standard InChI is InChI=1S/C19H25NO2/c1-13(2)12-18(19(21)22-4)20-14(3)16-11-7-9-15-8-5-6-10-17(15)16/h5-11,13-14,18,20H,12H2,1-4H3. The number of hydrogen-bond donors (Lipinski definition) is 1. The van der Waals surface area contributed by atoms with Crippen LogP contribution in [0.3, 0.4) is 0 Å². The molecule has 0 radical (unpaired) electrons. The second kappa shape index (κ2) is 7.41. The number of esters is 1. The molecule has 0 heterocycles. The highest BCUT2D eigenvalue weighted by Gasteiger charge is 2.23. The highest BCUT2D eigenvalue weighted by Crippen LogP contribution is 2.25. The molecule has 3 nitrogen and oxygen atoms in total. The summed E-state index contributed by atoms with van der Waals surface area (Å²) in [5, 5.41) is 5.87. The molecule has 2 aromatic carbocycles. The fraction of sp³-hybridized carbons (Fsp3) is 0.421. The SMILES string of the molecule is COC(=O)C(CC(C)C)NC(C)c1cccc2ccccc12. The Balaban J connectivity index is 2.25. The summed E-state index contributed by atoms with van der Waals surface area (Å²) >= 11 is 0. The highest BCUT2D eigenvalue weighted by atomic mass is 16.5. The third-order valence-electron chi connectivity index (χ3n) is 3.93. The van der Waals surface area contributed by atoms with E-state index in [0.717, 1.165) is 6.42 Å². The van der Waals surface area contributed by atoms with Gasteiger partial charge in [0.05, 0.1) is 7.11 Å². The molecule has 2 atom stereocenters. The van der Waals surface area contributed by atoms with Crippen molar-refractivity contribution in [3.8, 4) is 0 Å². The number of hydrogen-bond acceptors (Lipinski definition) is 3. The van der Waals surface area contributed by atoms with Crippen molar-refractivity contribution in [1.82, 2.24) is 5.32 Å². The van der Waals surface area contributed by atoms with Crippen LogP contribution < -0.4 is 5.32 Å². The molecule has 2 aromatic rings. The van der Waals surface area contributed by atoms with Crippen molar-refractivity contribution in [3.63, 3.8) is 0 Å². The molecule has 0 aromatic heterocycles. The highest BCUT2D eigenvalue weighted by molar-refractivity contribution is 5.86. The molecule has 0 aliphatic carbocycles. The topological polar surface area (TPSA) is 38.3 Å². The molecule has 2 rings (SSSR count). The van der Waals surface area contributed by atoms with Gasteiger partial charge in [-0.3, -0.25) is 10.1 Å². The predicted octanol–water partition coefficient (Wildman–Crippen LogP) is 4.08. The van der Waals surface area contributed by atoms with Crippen LogP contribution in [-0.2, 0) is 9.53 Å². The summed E-state index contributed by atoms with van der Waals surface area (Å²) in [4.78, 5) is 12.0. The lowest BCUT2D eigenvalue weighted by molar-refractivity contribution is -0.143. The third kappa shape index (κ3) is 3.86. The van der Waals surface area contributed by atoms with Crippen molar-refractivity contribution in [2.45, 2.75) is 39.3 Å². The smallest absolute Gasteiger partial charge is 0.322 e. The van der Waals surface area contributed by atoms with E-state index in [9.17, 15) is 4.79 Å². The summed E-state index contributed by atoms with van der Waals surface area (Å²) in [6.45, 7) is 6.32. The van der Waals surface area contributed by atoms with Gasteiger partial charge in [0.1, 0.15) is 6.04 Å². The zero-order chi connectivity index (χ0) is 16.1. The summed E-state index contributed by atoms with van der Waals surface area (Å²) in [6, 6.07) is 14.4. The van der Waals surface area contributed by atoms with Gasteiger partial charge in [-0.25, -0.2) is 0 Å². The van der Waals surface area contributed by atoms with E-state index in [2.05, 4.69) is 56.4 Å². The van der Waals surface area contributed by atoms with Crippen LogP contribution in [0.2, 0.25) is 0 Å². The Morgan fingerprint density at radius 3 is 2.45 bits per heavy atom. The van der Waals surface area contributed by atoms with Crippen LogP contribution in [0.15, 0.2) is 42.5 Å². The zero-order valence-electron chi connectivity index (χ0n) is 13.8. The molecule has 0 saturated carbocycles. The Morgan fingerprint density at radius 1 is 1.09 bits per heavy atom. The molecule has 0 aliphatic heterocycles. The molecule has 1 N–H and O–H groups in total. The van der Waals surface area contributed by atoms with Crippen molar-refractivity contribution in [1.29, 1.82) is 0 Å². The number of fused-ring (bicyclic) bond motifs is 1. The molecular weight excluding hydrogens is 274 g/mol. The second-order valence-electron chi connectivity index (χ2n) is 6.16. The molecule has 2 unspecified atom stereocenters. The van der Waals surface area contributed by atoms with E-state index in [1.54, 1.807) is 0 Å². The van der Waals surface area contributed by atoms with Gasteiger partial charge < -0.3 is 4.74 Å². The number of ether oxygens (including phenoxy) is 1. The van der Waals surface area contributed by atoms with Gasteiger partial charge in [0.2, 0.25) is 0 Å². The fourth-order valence-corrected chi connectivity index (χ4v) is 2.87. The number of rotatable bonds is 6. The lowest BCUT2D eigenvalue weighted by Gasteiger charge is -2.24. The molecule has 0 fully saturated rings. The van der Waals surface area contributed by atoms with E-state index >= 15 is 0 Å². The summed E-state index contributed by atoms with van der Waals surface area (Å²) in [7, 11) is 1.44. The largest absolute Gasteiger partial charge is 0.468 e. The first-order chi connectivity index (χ1) is 10.5. The first-order valence-electron chi connectivity index (χ1n) is 7.84. The van der Waals surface area contributed by atoms with E-state index in [1.165, 1.54) is 23.4 Å². The van der Waals surface area contributed by atoms with Gasteiger partial charge >= 0.3 is 5.97 Å². The van der Waals surface area contributed by atoms with E-state index in [0.29, 0.717) is 5.92 Å². The van der Waals surface area contributed by atoms with Crippen LogP contribution in [-0.4, -0.2) is 19.1 Å². The Kier molecular flexibility index (Phi) is 5.56. The minimum atomic E-state index is -0.279. The van der Waals surface area contributed by atoms with Crippen LogP contribution in [0, 0.1) is 5.92 Å². The predicted molar refractivity (Wildman–Crippen MR) is 90.8 cm³/mol. The number of nitrogens with one attached hydrogen (secondary N) is 1. The van der Waals surface area contributed by atoms with Crippen LogP contribution in [0.25, 0.3) is 10.8 Å². The maximum absolute atomic E-state index is 12.0. The Morgan fingerprint density at radius 2 is 1.77 bits per heavy atom. The average molecular weight is 299 g/mol. The molecular formula is C19H25NO2. The van der Waals surface area contributed by atoms with Gasteiger partial charge in [-0.15, -0.1) is 0 Å². The molecule has 22 heavy (non-hydrogen) atoms. The maximum atomic E-state index is 12.0. The minimum Gasteiger partial charge on any atom is -0.468 e. The molecule has 0 saturated heterocycles. The van der Waals surface area contributed by atoms with Crippen molar-refractivity contribution >= 4 is 16.7 Å². The first kappa shape index (κ1) is 16.5. The summed E-state index contributed by atoms with van der Waals surface area (Å²) < 4.78 is 4.94. The number of methoxy groups -OCH3 is 1. The van der Waals surface area contributed by atoms with Gasteiger partial charge in [-0.1, -0.05) is 56.3 Å². The van der Waals surface area contributed by atoms with E-state index in [1.807, 2.05) is 12.1 Å². The van der Waals surface area contributed by atoms with E-state index in [-0.39, 0.29) is 18.1 Å². The number of carbonyl (C=O) groups is 1. The lowest BCUT2D eigenvalue weighted by Crippen LogP contribution is -2.40. The van der Waals surface area contributed by atoms with Crippen LogP contribution in [0.5, 0.6) is 0 Å². The summed E-state index contributed by atoms with van der Waals surface area (Å²) in [5.74, 6) is 0.233. The van der Waals surface area contributed by atoms with E-state index in [4.69, 9.17) is 4.74 Å². The van der Waals surface area contributed by atoms with Crippen LogP contribution >= 0.6 is 0 Å². The molecule has 0 spiro atoms. The summed E-state index contributed by atoms with van der Waals surface area (Å²) in [6.07, 6.45) is 0.766. The second-order valence-corrected chi connectivity index (χ2v) is 6.16. The van der Waals surface area contributed by atoms with Gasteiger partial charge in [0.15, 0.2) is 0 Å². The normalized spacial score (nSPS) is 14.0.